The highest BCUT2D eigenvalue weighted by Crippen LogP contribution is 2.27. The van der Waals surface area contributed by atoms with Gasteiger partial charge in [0.05, 0.1) is 12.7 Å². The van der Waals surface area contributed by atoms with Gasteiger partial charge in [0.1, 0.15) is 5.75 Å². The van der Waals surface area contributed by atoms with E-state index in [4.69, 9.17) is 14.4 Å². The van der Waals surface area contributed by atoms with Gasteiger partial charge in [0.2, 0.25) is 0 Å². The number of aromatic carboxylic acids is 1. The Balaban J connectivity index is 2.46. The lowest BCUT2D eigenvalue weighted by Crippen LogP contribution is -1.98. The number of benzene rings is 1. The van der Waals surface area contributed by atoms with E-state index in [9.17, 15) is 4.79 Å². The molecule has 0 bridgehead atoms. The second-order valence-corrected chi connectivity index (χ2v) is 2.93. The van der Waals surface area contributed by atoms with Gasteiger partial charge < -0.3 is 14.4 Å². The van der Waals surface area contributed by atoms with E-state index < -0.39 is 5.97 Å². The second kappa shape index (κ2) is 4.01. The number of rotatable bonds is 3. The molecule has 1 N–H and O–H groups in total. The highest BCUT2D eigenvalue weighted by atomic mass is 16.5. The smallest absolute Gasteiger partial charge is 0.377 e. The summed E-state index contributed by atoms with van der Waals surface area (Å²) in [6, 6.07) is 6.98. The van der Waals surface area contributed by atoms with Gasteiger partial charge >= 0.3 is 5.97 Å². The molecule has 1 heterocycles. The van der Waals surface area contributed by atoms with Crippen LogP contribution in [-0.4, -0.2) is 28.3 Å². The molecule has 6 heteroatoms. The van der Waals surface area contributed by atoms with E-state index in [1.165, 1.54) is 7.11 Å². The number of ether oxygens (including phenoxy) is 1. The molecule has 0 saturated carbocycles. The van der Waals surface area contributed by atoms with Crippen LogP contribution in [0.25, 0.3) is 11.5 Å². The molecule has 1 aromatic carbocycles. The molecule has 1 aromatic heterocycles. The van der Waals surface area contributed by atoms with Crippen molar-refractivity contribution in [2.24, 2.45) is 0 Å². The highest BCUT2D eigenvalue weighted by molar-refractivity contribution is 5.83. The summed E-state index contributed by atoms with van der Waals surface area (Å²) in [6.45, 7) is 0. The average Bonchev–Trinajstić information content (AvgIpc) is 2.78. The van der Waals surface area contributed by atoms with Crippen LogP contribution in [0, 0.1) is 0 Å². The molecular weight excluding hydrogens is 212 g/mol. The van der Waals surface area contributed by atoms with Crippen molar-refractivity contribution in [3.8, 4) is 17.2 Å². The van der Waals surface area contributed by atoms with Gasteiger partial charge in [0, 0.05) is 0 Å². The number of carbonyl (C=O) groups is 1. The Hall–Kier alpha value is -2.37. The summed E-state index contributed by atoms with van der Waals surface area (Å²) in [5, 5.41) is 12.0. The number of para-hydroxylation sites is 1. The number of carboxylic acid groups (broad SMARTS) is 1. The van der Waals surface area contributed by atoms with E-state index >= 15 is 0 Å². The molecule has 82 valence electrons. The Morgan fingerprint density at radius 2 is 2.19 bits per heavy atom. The molecule has 0 spiro atoms. The fourth-order valence-electron chi connectivity index (χ4n) is 1.24. The maximum atomic E-state index is 10.6. The van der Waals surface area contributed by atoms with Crippen molar-refractivity contribution in [3.63, 3.8) is 0 Å². The highest BCUT2D eigenvalue weighted by Gasteiger charge is 2.16. The van der Waals surface area contributed by atoms with E-state index in [0.717, 1.165) is 0 Å². The zero-order valence-electron chi connectivity index (χ0n) is 8.38. The molecule has 0 aliphatic carbocycles. The van der Waals surface area contributed by atoms with Crippen LogP contribution in [0.2, 0.25) is 0 Å². The van der Waals surface area contributed by atoms with Crippen LogP contribution >= 0.6 is 0 Å². The minimum Gasteiger partial charge on any atom is -0.496 e. The Kier molecular flexibility index (Phi) is 2.55. The standard InChI is InChI=1S/C10H8N2O4/c1-15-7-5-3-2-4-6(7)9-11-8(10(13)14)12-16-9/h2-5H,1H3,(H,13,14). The molecule has 0 unspecified atom stereocenters. The zero-order valence-corrected chi connectivity index (χ0v) is 8.38. The van der Waals surface area contributed by atoms with E-state index in [0.29, 0.717) is 11.3 Å². The maximum Gasteiger partial charge on any atom is 0.377 e. The van der Waals surface area contributed by atoms with Gasteiger partial charge in [0.15, 0.2) is 0 Å². The lowest BCUT2D eigenvalue weighted by Gasteiger charge is -2.02. The predicted octanol–water partition coefficient (Wildman–Crippen LogP) is 1.44. The van der Waals surface area contributed by atoms with Crippen LogP contribution in [0.15, 0.2) is 28.8 Å². The monoisotopic (exact) mass is 220 g/mol. The van der Waals surface area contributed by atoms with E-state index in [1.54, 1.807) is 24.3 Å². The molecule has 0 saturated heterocycles. The van der Waals surface area contributed by atoms with E-state index in [2.05, 4.69) is 10.1 Å². The minimum absolute atomic E-state index is 0.120. The number of methoxy groups -OCH3 is 1. The number of hydrogen-bond donors (Lipinski definition) is 1. The summed E-state index contributed by atoms with van der Waals surface area (Å²) >= 11 is 0. The summed E-state index contributed by atoms with van der Waals surface area (Å²) in [4.78, 5) is 14.3. The molecule has 2 rings (SSSR count). The molecule has 0 aliphatic heterocycles. The molecule has 0 aliphatic rings. The average molecular weight is 220 g/mol. The number of nitrogens with zero attached hydrogens (tertiary/aromatic N) is 2. The van der Waals surface area contributed by atoms with Gasteiger partial charge in [-0.25, -0.2) is 4.79 Å². The van der Waals surface area contributed by atoms with Crippen LogP contribution in [-0.2, 0) is 0 Å². The first-order chi connectivity index (χ1) is 7.72. The summed E-state index contributed by atoms with van der Waals surface area (Å²) < 4.78 is 9.93. The molecule has 16 heavy (non-hydrogen) atoms. The normalized spacial score (nSPS) is 10.1. The van der Waals surface area contributed by atoms with Gasteiger partial charge in [0.25, 0.3) is 11.7 Å². The fraction of sp³-hybridized carbons (Fsp3) is 0.100. The molecule has 2 aromatic rings. The van der Waals surface area contributed by atoms with Gasteiger partial charge in [-0.05, 0) is 17.3 Å². The van der Waals surface area contributed by atoms with E-state index in [-0.39, 0.29) is 11.7 Å². The maximum absolute atomic E-state index is 10.6. The fourth-order valence-corrected chi connectivity index (χ4v) is 1.24. The third kappa shape index (κ3) is 1.72. The quantitative estimate of drug-likeness (QED) is 0.842. The van der Waals surface area contributed by atoms with Crippen molar-refractivity contribution < 1.29 is 19.2 Å². The van der Waals surface area contributed by atoms with Crippen LogP contribution in [0.3, 0.4) is 0 Å². The first-order valence-corrected chi connectivity index (χ1v) is 4.42. The number of hydrogen-bond acceptors (Lipinski definition) is 5. The topological polar surface area (TPSA) is 85.5 Å². The molecule has 0 amide bonds. The van der Waals surface area contributed by atoms with Gasteiger partial charge in [-0.2, -0.15) is 4.98 Å². The molecule has 0 fully saturated rings. The van der Waals surface area contributed by atoms with Crippen LogP contribution < -0.4 is 4.74 Å². The molecule has 6 nitrogen and oxygen atoms in total. The summed E-state index contributed by atoms with van der Waals surface area (Å²) in [7, 11) is 1.51. The van der Waals surface area contributed by atoms with Crippen LogP contribution in [0.1, 0.15) is 10.6 Å². The van der Waals surface area contributed by atoms with Crippen molar-refractivity contribution in [1.29, 1.82) is 0 Å². The molecule has 0 atom stereocenters. The number of aromatic nitrogens is 2. The first-order valence-electron chi connectivity index (χ1n) is 4.42. The zero-order chi connectivity index (χ0) is 11.5. The van der Waals surface area contributed by atoms with Gasteiger partial charge in [-0.15, -0.1) is 0 Å². The third-order valence-electron chi connectivity index (χ3n) is 1.95. The Labute approximate surface area is 90.5 Å². The minimum atomic E-state index is -1.23. The van der Waals surface area contributed by atoms with Crippen molar-refractivity contribution in [2.75, 3.05) is 7.11 Å². The Bertz CT molecular complexity index is 521. The molecule has 0 radical (unpaired) electrons. The third-order valence-corrected chi connectivity index (χ3v) is 1.95. The SMILES string of the molecule is COc1ccccc1-c1nc(C(=O)O)no1. The van der Waals surface area contributed by atoms with Crippen molar-refractivity contribution in [1.82, 2.24) is 10.1 Å². The van der Waals surface area contributed by atoms with Crippen LogP contribution in [0.4, 0.5) is 0 Å². The summed E-state index contributed by atoms with van der Waals surface area (Å²) in [5.74, 6) is -0.941. The summed E-state index contributed by atoms with van der Waals surface area (Å²) in [5.41, 5.74) is 0.560. The summed E-state index contributed by atoms with van der Waals surface area (Å²) in [6.07, 6.45) is 0. The van der Waals surface area contributed by atoms with Crippen molar-refractivity contribution >= 4 is 5.97 Å². The predicted molar refractivity (Wildman–Crippen MR) is 53.2 cm³/mol. The number of carboxylic acids is 1. The molecular formula is C10H8N2O4. The lowest BCUT2D eigenvalue weighted by atomic mass is 10.2. The largest absolute Gasteiger partial charge is 0.496 e. The van der Waals surface area contributed by atoms with Crippen molar-refractivity contribution in [2.45, 2.75) is 0 Å². The Morgan fingerprint density at radius 1 is 1.44 bits per heavy atom. The lowest BCUT2D eigenvalue weighted by molar-refractivity contribution is 0.0680. The Morgan fingerprint density at radius 3 is 2.81 bits per heavy atom. The van der Waals surface area contributed by atoms with Crippen molar-refractivity contribution in [3.05, 3.63) is 30.1 Å². The van der Waals surface area contributed by atoms with Gasteiger partial charge in [-0.1, -0.05) is 12.1 Å². The van der Waals surface area contributed by atoms with Crippen LogP contribution in [0.5, 0.6) is 5.75 Å². The van der Waals surface area contributed by atoms with Gasteiger partial charge in [-0.3, -0.25) is 0 Å². The first kappa shape index (κ1) is 10.2. The van der Waals surface area contributed by atoms with E-state index in [1.807, 2.05) is 0 Å². The second-order valence-electron chi connectivity index (χ2n) is 2.93.